The second-order valence-corrected chi connectivity index (χ2v) is 8.34. The lowest BCUT2D eigenvalue weighted by Gasteiger charge is -2.23. The first kappa shape index (κ1) is 19.4. The number of hydrogen-bond acceptors (Lipinski definition) is 3. The monoisotopic (exact) mass is 430 g/mol. The Labute approximate surface area is 167 Å². The van der Waals surface area contributed by atoms with E-state index in [9.17, 15) is 9.59 Å². The van der Waals surface area contributed by atoms with E-state index in [1.807, 2.05) is 62.4 Å². The number of methoxy groups -OCH3 is 1. The van der Waals surface area contributed by atoms with E-state index >= 15 is 0 Å². The largest absolute Gasteiger partial charge is 0.497 e. The highest BCUT2D eigenvalue weighted by atomic mass is 79.9. The van der Waals surface area contributed by atoms with Crippen molar-refractivity contribution in [1.82, 2.24) is 0 Å². The van der Waals surface area contributed by atoms with Gasteiger partial charge in [-0.2, -0.15) is 0 Å². The maximum absolute atomic E-state index is 13.0. The Bertz CT molecular complexity index is 832. The van der Waals surface area contributed by atoms with Crippen molar-refractivity contribution in [2.75, 3.05) is 23.9 Å². The van der Waals surface area contributed by atoms with E-state index in [4.69, 9.17) is 4.74 Å². The van der Waals surface area contributed by atoms with Crippen LogP contribution in [-0.4, -0.2) is 25.5 Å². The van der Waals surface area contributed by atoms with Crippen LogP contribution in [0.2, 0.25) is 0 Å². The maximum atomic E-state index is 13.0. The molecule has 2 amide bonds. The van der Waals surface area contributed by atoms with Crippen LogP contribution in [0.4, 0.5) is 11.4 Å². The molecule has 3 rings (SSSR count). The van der Waals surface area contributed by atoms with Crippen molar-refractivity contribution in [1.29, 1.82) is 0 Å². The smallest absolute Gasteiger partial charge is 0.231 e. The van der Waals surface area contributed by atoms with E-state index in [1.54, 1.807) is 12.0 Å². The van der Waals surface area contributed by atoms with Gasteiger partial charge in [0.2, 0.25) is 11.8 Å². The van der Waals surface area contributed by atoms with Crippen LogP contribution in [-0.2, 0) is 9.59 Å². The lowest BCUT2D eigenvalue weighted by Crippen LogP contribution is -2.30. The van der Waals surface area contributed by atoms with E-state index in [-0.39, 0.29) is 29.6 Å². The minimum absolute atomic E-state index is 0.0175. The van der Waals surface area contributed by atoms with Crippen LogP contribution >= 0.6 is 15.9 Å². The van der Waals surface area contributed by atoms with Gasteiger partial charge in [-0.15, -0.1) is 0 Å². The zero-order valence-corrected chi connectivity index (χ0v) is 17.2. The quantitative estimate of drug-likeness (QED) is 0.760. The molecule has 0 spiro atoms. The Hall–Kier alpha value is -2.34. The molecule has 0 radical (unpaired) electrons. The number of hydrogen-bond donors (Lipinski definition) is 1. The molecule has 2 aromatic carbocycles. The van der Waals surface area contributed by atoms with Gasteiger partial charge in [0.25, 0.3) is 0 Å². The molecule has 0 aliphatic carbocycles. The van der Waals surface area contributed by atoms with Gasteiger partial charge in [-0.3, -0.25) is 9.59 Å². The Morgan fingerprint density at radius 2 is 1.81 bits per heavy atom. The van der Waals surface area contributed by atoms with Crippen LogP contribution in [0.3, 0.4) is 0 Å². The van der Waals surface area contributed by atoms with Crippen molar-refractivity contribution in [3.05, 3.63) is 53.0 Å². The molecule has 1 saturated heterocycles. The summed E-state index contributed by atoms with van der Waals surface area (Å²) in [4.78, 5) is 27.3. The van der Waals surface area contributed by atoms with Crippen LogP contribution in [0, 0.1) is 11.3 Å². The molecule has 142 valence electrons. The number of benzene rings is 2. The predicted molar refractivity (Wildman–Crippen MR) is 110 cm³/mol. The molecule has 1 aliphatic heterocycles. The molecular formula is C21H23BrN2O3. The van der Waals surface area contributed by atoms with Gasteiger partial charge in [0.15, 0.2) is 0 Å². The highest BCUT2D eigenvalue weighted by Gasteiger charge is 2.47. The summed E-state index contributed by atoms with van der Waals surface area (Å²) in [5.74, 6) is 0.210. The molecule has 0 saturated carbocycles. The Kier molecular flexibility index (Phi) is 5.56. The molecule has 0 bridgehead atoms. The van der Waals surface area contributed by atoms with Crippen LogP contribution in [0.15, 0.2) is 53.0 Å². The summed E-state index contributed by atoms with van der Waals surface area (Å²) >= 11 is 3.37. The number of nitrogens with one attached hydrogen (secondary N) is 1. The van der Waals surface area contributed by atoms with Crippen molar-refractivity contribution in [3.63, 3.8) is 0 Å². The van der Waals surface area contributed by atoms with Crippen LogP contribution in [0.5, 0.6) is 5.75 Å². The Balaban J connectivity index is 1.71. The number of halogens is 1. The zero-order chi connectivity index (χ0) is 19.6. The number of nitrogens with zero attached hydrogens (tertiary/aromatic N) is 1. The van der Waals surface area contributed by atoms with Gasteiger partial charge in [-0.1, -0.05) is 29.8 Å². The summed E-state index contributed by atoms with van der Waals surface area (Å²) < 4.78 is 6.12. The van der Waals surface area contributed by atoms with E-state index in [1.165, 1.54) is 0 Å². The van der Waals surface area contributed by atoms with E-state index in [0.29, 0.717) is 6.54 Å². The van der Waals surface area contributed by atoms with Gasteiger partial charge >= 0.3 is 0 Å². The molecule has 1 aliphatic rings. The second-order valence-electron chi connectivity index (χ2n) is 7.42. The number of rotatable bonds is 5. The molecule has 1 heterocycles. The average Bonchev–Trinajstić information content (AvgIpc) is 2.87. The first-order chi connectivity index (χ1) is 12.8. The van der Waals surface area contributed by atoms with Gasteiger partial charge in [0, 0.05) is 28.8 Å². The maximum Gasteiger partial charge on any atom is 0.231 e. The van der Waals surface area contributed by atoms with Crippen LogP contribution < -0.4 is 15.0 Å². The molecule has 6 heteroatoms. The fourth-order valence-electron chi connectivity index (χ4n) is 3.39. The van der Waals surface area contributed by atoms with Gasteiger partial charge in [-0.05, 0) is 53.9 Å². The lowest BCUT2D eigenvalue weighted by atomic mass is 9.79. The minimum atomic E-state index is -0.366. The van der Waals surface area contributed by atoms with Crippen LogP contribution in [0.1, 0.15) is 20.3 Å². The van der Waals surface area contributed by atoms with Gasteiger partial charge in [0.05, 0.1) is 13.0 Å². The van der Waals surface area contributed by atoms with Crippen LogP contribution in [0.25, 0.3) is 0 Å². The molecule has 5 nitrogen and oxygen atoms in total. The third kappa shape index (κ3) is 4.33. The molecule has 0 unspecified atom stereocenters. The topological polar surface area (TPSA) is 58.6 Å². The highest BCUT2D eigenvalue weighted by molar-refractivity contribution is 9.10. The summed E-state index contributed by atoms with van der Waals surface area (Å²) in [5.41, 5.74) is 1.25. The Morgan fingerprint density at radius 3 is 2.41 bits per heavy atom. The van der Waals surface area contributed by atoms with Gasteiger partial charge in [0.1, 0.15) is 5.75 Å². The SMILES string of the molecule is COc1ccc(N2CC(C)(C)[C@H](CC(=O)Nc3ccc(Br)cc3)C2=O)cc1. The summed E-state index contributed by atoms with van der Waals surface area (Å²) in [6, 6.07) is 14.8. The molecule has 1 atom stereocenters. The predicted octanol–water partition coefficient (Wildman–Crippen LogP) is 4.48. The molecule has 2 aromatic rings. The summed E-state index contributed by atoms with van der Waals surface area (Å²) in [5, 5.41) is 2.88. The van der Waals surface area contributed by atoms with Gasteiger partial charge < -0.3 is 15.0 Å². The minimum Gasteiger partial charge on any atom is -0.497 e. The van der Waals surface area contributed by atoms with Gasteiger partial charge in [-0.25, -0.2) is 0 Å². The molecule has 27 heavy (non-hydrogen) atoms. The standard InChI is InChI=1S/C21H23BrN2O3/c1-21(2)13-24(16-8-10-17(27-3)11-9-16)20(26)18(21)12-19(25)23-15-6-4-14(22)5-7-15/h4-11,18H,12-13H2,1-3H3,(H,23,25)/t18-/m1/s1. The van der Waals surface area contributed by atoms with Crippen molar-refractivity contribution in [3.8, 4) is 5.75 Å². The lowest BCUT2D eigenvalue weighted by molar-refractivity contribution is -0.126. The number of amides is 2. The summed E-state index contributed by atoms with van der Waals surface area (Å²) in [7, 11) is 1.61. The number of carbonyl (C=O) groups excluding carboxylic acids is 2. The highest BCUT2D eigenvalue weighted by Crippen LogP contribution is 2.41. The van der Waals surface area contributed by atoms with Crippen molar-refractivity contribution in [2.24, 2.45) is 11.3 Å². The third-order valence-corrected chi connectivity index (χ3v) is 5.50. The van der Waals surface area contributed by atoms with E-state index < -0.39 is 0 Å². The fourth-order valence-corrected chi connectivity index (χ4v) is 3.66. The molecule has 1 N–H and O–H groups in total. The molecule has 0 aromatic heterocycles. The zero-order valence-electron chi connectivity index (χ0n) is 15.7. The third-order valence-electron chi connectivity index (χ3n) is 4.97. The van der Waals surface area contributed by atoms with Crippen molar-refractivity contribution >= 4 is 39.1 Å². The normalized spacial score (nSPS) is 18.4. The second kappa shape index (κ2) is 7.72. The first-order valence-corrected chi connectivity index (χ1v) is 9.60. The van der Waals surface area contributed by atoms with E-state index in [0.717, 1.165) is 21.6 Å². The summed E-state index contributed by atoms with van der Waals surface area (Å²) in [6.45, 7) is 4.65. The fraction of sp³-hybridized carbons (Fsp3) is 0.333. The van der Waals surface area contributed by atoms with E-state index in [2.05, 4.69) is 21.2 Å². The number of carbonyl (C=O) groups is 2. The summed E-state index contributed by atoms with van der Waals surface area (Å²) in [6.07, 6.45) is 0.161. The van der Waals surface area contributed by atoms with Crippen molar-refractivity contribution in [2.45, 2.75) is 20.3 Å². The molecular weight excluding hydrogens is 408 g/mol. The number of anilines is 2. The Morgan fingerprint density at radius 1 is 1.19 bits per heavy atom. The average molecular weight is 431 g/mol. The molecule has 1 fully saturated rings. The number of ether oxygens (including phenoxy) is 1. The van der Waals surface area contributed by atoms with Crippen molar-refractivity contribution < 1.29 is 14.3 Å². The first-order valence-electron chi connectivity index (χ1n) is 8.81.